The molecule has 0 saturated carbocycles. The summed E-state index contributed by atoms with van der Waals surface area (Å²) in [7, 11) is 0. The maximum Gasteiger partial charge on any atom is 0.428 e. The molecule has 0 radical (unpaired) electrons. The van der Waals surface area contributed by atoms with Gasteiger partial charge in [-0.3, -0.25) is 0 Å². The molecule has 1 heterocycles. The second kappa shape index (κ2) is 5.61. The first-order valence-electron chi connectivity index (χ1n) is 7.73. The van der Waals surface area contributed by atoms with Crippen molar-refractivity contribution < 1.29 is 22.7 Å². The van der Waals surface area contributed by atoms with Crippen LogP contribution in [0.15, 0.2) is 47.6 Å². The number of fused-ring (bicyclic) bond motifs is 3. The molecule has 0 bridgehead atoms. The summed E-state index contributed by atoms with van der Waals surface area (Å²) in [6, 6.07) is 13.4. The molecule has 0 spiro atoms. The molecule has 1 N–H and O–H groups in total. The fraction of sp³-hybridized carbons (Fsp3) is 0.222. The molecular formula is C18H13F3N2O2. The third-order valence-electron chi connectivity index (χ3n) is 4.33. The Morgan fingerprint density at radius 2 is 1.88 bits per heavy atom. The fourth-order valence-corrected chi connectivity index (χ4v) is 3.29. The molecule has 25 heavy (non-hydrogen) atoms. The number of alkyl halides is 3. The first kappa shape index (κ1) is 15.7. The second-order valence-corrected chi connectivity index (χ2v) is 6.03. The van der Waals surface area contributed by atoms with Crippen molar-refractivity contribution in [1.29, 1.82) is 0 Å². The fourth-order valence-electron chi connectivity index (χ4n) is 3.29. The molecule has 4 nitrogen and oxygen atoms in total. The van der Waals surface area contributed by atoms with Crippen molar-refractivity contribution in [2.45, 2.75) is 25.1 Å². The Morgan fingerprint density at radius 1 is 1.12 bits per heavy atom. The van der Waals surface area contributed by atoms with Gasteiger partial charge in [-0.2, -0.15) is 18.3 Å². The summed E-state index contributed by atoms with van der Waals surface area (Å²) in [5.74, 6) is 0. The third-order valence-corrected chi connectivity index (χ3v) is 4.33. The molecule has 4 rings (SSSR count). The molecule has 0 saturated heterocycles. The third kappa shape index (κ3) is 2.97. The molecule has 128 valence electrons. The molecule has 0 fully saturated rings. The van der Waals surface area contributed by atoms with Crippen LogP contribution in [0.1, 0.15) is 23.1 Å². The quantitative estimate of drug-likeness (QED) is 0.762. The highest BCUT2D eigenvalue weighted by Gasteiger charge is 2.39. The number of halogens is 3. The summed E-state index contributed by atoms with van der Waals surface area (Å²) in [5, 5.41) is 3.81. The molecule has 0 aromatic heterocycles. The summed E-state index contributed by atoms with van der Waals surface area (Å²) in [4.78, 5) is 11.3. The molecule has 2 aromatic carbocycles. The molecule has 7 heteroatoms. The van der Waals surface area contributed by atoms with Gasteiger partial charge in [0.15, 0.2) is 6.10 Å². The van der Waals surface area contributed by atoms with Gasteiger partial charge in [0.2, 0.25) is 0 Å². The van der Waals surface area contributed by atoms with Crippen molar-refractivity contribution in [1.82, 2.24) is 5.43 Å². The minimum atomic E-state index is -4.46. The van der Waals surface area contributed by atoms with Crippen LogP contribution in [0.25, 0.3) is 11.1 Å². The maximum absolute atomic E-state index is 12.8. The lowest BCUT2D eigenvalue weighted by Crippen LogP contribution is -2.41. The van der Waals surface area contributed by atoms with Crippen LogP contribution in [-0.2, 0) is 11.2 Å². The van der Waals surface area contributed by atoms with Crippen LogP contribution < -0.4 is 5.43 Å². The number of hydrazone groups is 1. The summed E-state index contributed by atoms with van der Waals surface area (Å²) >= 11 is 0. The summed E-state index contributed by atoms with van der Waals surface area (Å²) < 4.78 is 43.2. The number of benzene rings is 2. The van der Waals surface area contributed by atoms with E-state index in [9.17, 15) is 18.0 Å². The van der Waals surface area contributed by atoms with E-state index in [2.05, 4.69) is 10.5 Å². The topological polar surface area (TPSA) is 50.7 Å². The number of nitrogens with one attached hydrogen (secondary N) is 1. The van der Waals surface area contributed by atoms with E-state index in [1.807, 2.05) is 36.4 Å². The number of nitrogens with zero attached hydrogens (tertiary/aromatic N) is 1. The van der Waals surface area contributed by atoms with Gasteiger partial charge in [0.1, 0.15) is 5.71 Å². The molecule has 1 atom stereocenters. The Bertz CT molecular complexity index is 890. The Hall–Kier alpha value is -2.83. The van der Waals surface area contributed by atoms with Crippen LogP contribution >= 0.6 is 0 Å². The lowest BCUT2D eigenvalue weighted by atomic mass is 9.97. The molecule has 1 amide bonds. The molecule has 1 aliphatic heterocycles. The van der Waals surface area contributed by atoms with Gasteiger partial charge >= 0.3 is 12.3 Å². The van der Waals surface area contributed by atoms with E-state index >= 15 is 0 Å². The predicted octanol–water partition coefficient (Wildman–Crippen LogP) is 4.02. The number of rotatable bonds is 2. The number of carbonyl (C=O) groups excluding carboxylic acids is 1. The van der Waals surface area contributed by atoms with Gasteiger partial charge in [0, 0.05) is 5.56 Å². The molecule has 2 aromatic rings. The zero-order chi connectivity index (χ0) is 17.6. The van der Waals surface area contributed by atoms with Crippen LogP contribution in [0.3, 0.4) is 0 Å². The largest absolute Gasteiger partial charge is 0.438 e. The summed E-state index contributed by atoms with van der Waals surface area (Å²) in [6.45, 7) is 0. The van der Waals surface area contributed by atoms with E-state index < -0.39 is 24.8 Å². The molecule has 2 aliphatic rings. The van der Waals surface area contributed by atoms with Crippen LogP contribution in [0.5, 0.6) is 0 Å². The van der Waals surface area contributed by atoms with Crippen LogP contribution in [0.2, 0.25) is 0 Å². The zero-order valence-corrected chi connectivity index (χ0v) is 12.9. The van der Waals surface area contributed by atoms with Gasteiger partial charge in [-0.15, -0.1) is 0 Å². The number of hydrogen-bond donors (Lipinski definition) is 1. The second-order valence-electron chi connectivity index (χ2n) is 6.03. The van der Waals surface area contributed by atoms with Crippen molar-refractivity contribution in [3.63, 3.8) is 0 Å². The molecular weight excluding hydrogens is 333 g/mol. The number of carbonyl (C=O) groups is 1. The highest BCUT2D eigenvalue weighted by Crippen LogP contribution is 2.37. The van der Waals surface area contributed by atoms with Crippen molar-refractivity contribution >= 4 is 11.8 Å². The lowest BCUT2D eigenvalue weighted by molar-refractivity contribution is -0.147. The summed E-state index contributed by atoms with van der Waals surface area (Å²) in [6.07, 6.45) is -7.45. The van der Waals surface area contributed by atoms with Crippen LogP contribution in [-0.4, -0.2) is 24.1 Å². The number of amides is 1. The Balaban J connectivity index is 1.70. The van der Waals surface area contributed by atoms with Crippen LogP contribution in [0.4, 0.5) is 18.0 Å². The van der Waals surface area contributed by atoms with Gasteiger partial charge in [0.25, 0.3) is 0 Å². The van der Waals surface area contributed by atoms with Crippen LogP contribution in [0, 0.1) is 0 Å². The maximum atomic E-state index is 12.8. The molecule has 1 unspecified atom stereocenters. The standard InChI is InChI=1S/C18H13F3N2O2/c19-18(20,21)9-15-16(22-23-17(24)25-15)11-5-6-14-12(8-11)7-10-3-1-2-4-13(10)14/h1-6,8,15H,7,9H2,(H,23,24). The van der Waals surface area contributed by atoms with Gasteiger partial charge in [-0.25, -0.2) is 10.2 Å². The van der Waals surface area contributed by atoms with Crippen molar-refractivity contribution in [3.05, 3.63) is 59.2 Å². The van der Waals surface area contributed by atoms with Crippen molar-refractivity contribution in [2.75, 3.05) is 0 Å². The smallest absolute Gasteiger partial charge is 0.428 e. The van der Waals surface area contributed by atoms with E-state index in [4.69, 9.17) is 4.74 Å². The van der Waals surface area contributed by atoms with Gasteiger partial charge < -0.3 is 4.74 Å². The van der Waals surface area contributed by atoms with Gasteiger partial charge in [-0.1, -0.05) is 36.4 Å². The Labute approximate surface area is 141 Å². The SMILES string of the molecule is O=C1NN=C(c2ccc3c(c2)Cc2ccccc2-3)C(CC(F)(F)F)O1. The Kier molecular flexibility index (Phi) is 3.52. The average molecular weight is 346 g/mol. The number of cyclic esters (lactones) is 1. The predicted molar refractivity (Wildman–Crippen MR) is 85.3 cm³/mol. The monoisotopic (exact) mass is 346 g/mol. The zero-order valence-electron chi connectivity index (χ0n) is 12.9. The first-order chi connectivity index (χ1) is 11.9. The van der Waals surface area contributed by atoms with E-state index in [-0.39, 0.29) is 5.71 Å². The minimum Gasteiger partial charge on any atom is -0.438 e. The van der Waals surface area contributed by atoms with Crippen molar-refractivity contribution in [3.8, 4) is 11.1 Å². The average Bonchev–Trinajstić information content (AvgIpc) is 2.91. The number of ether oxygens (including phenoxy) is 1. The highest BCUT2D eigenvalue weighted by atomic mass is 19.4. The van der Waals surface area contributed by atoms with E-state index in [1.165, 1.54) is 5.56 Å². The normalized spacial score (nSPS) is 18.8. The first-order valence-corrected chi connectivity index (χ1v) is 7.73. The van der Waals surface area contributed by atoms with E-state index in [0.29, 0.717) is 12.0 Å². The van der Waals surface area contributed by atoms with Gasteiger partial charge in [-0.05, 0) is 34.7 Å². The van der Waals surface area contributed by atoms with Gasteiger partial charge in [0.05, 0.1) is 6.42 Å². The van der Waals surface area contributed by atoms with E-state index in [1.54, 1.807) is 6.07 Å². The van der Waals surface area contributed by atoms with Crippen molar-refractivity contribution in [2.24, 2.45) is 5.10 Å². The summed E-state index contributed by atoms with van der Waals surface area (Å²) in [5.41, 5.74) is 7.07. The number of hydrogen-bond acceptors (Lipinski definition) is 3. The molecule has 1 aliphatic carbocycles. The van der Waals surface area contributed by atoms with E-state index in [0.717, 1.165) is 16.7 Å². The minimum absolute atomic E-state index is 0.0793. The lowest BCUT2D eigenvalue weighted by Gasteiger charge is -2.24. The Morgan fingerprint density at radius 3 is 2.68 bits per heavy atom. The highest BCUT2D eigenvalue weighted by molar-refractivity contribution is 6.06.